The minimum atomic E-state index is -3.71. The highest BCUT2D eigenvalue weighted by Crippen LogP contribution is 2.26. The lowest BCUT2D eigenvalue weighted by molar-refractivity contribution is 0.603. The lowest BCUT2D eigenvalue weighted by Gasteiger charge is -2.07. The Bertz CT molecular complexity index is 914. The first kappa shape index (κ1) is 16.6. The fourth-order valence-electron chi connectivity index (χ4n) is 1.79. The van der Waals surface area contributed by atoms with E-state index in [9.17, 15) is 8.42 Å². The molecule has 0 fully saturated rings. The van der Waals surface area contributed by atoms with Crippen LogP contribution >= 0.6 is 22.9 Å². The molecular formula is C14H12ClN5O2S2. The van der Waals surface area contributed by atoms with E-state index in [2.05, 4.69) is 25.2 Å². The van der Waals surface area contributed by atoms with Crippen molar-refractivity contribution in [2.45, 2.75) is 10.8 Å². The van der Waals surface area contributed by atoms with Gasteiger partial charge in [-0.1, -0.05) is 17.7 Å². The number of hydrogen-bond donors (Lipinski definition) is 2. The van der Waals surface area contributed by atoms with Crippen LogP contribution in [0.4, 0.5) is 11.6 Å². The highest BCUT2D eigenvalue weighted by atomic mass is 35.5. The molecule has 0 spiro atoms. The van der Waals surface area contributed by atoms with Gasteiger partial charge in [-0.05, 0) is 36.4 Å². The number of aromatic nitrogens is 3. The Morgan fingerprint density at radius 2 is 1.83 bits per heavy atom. The first-order valence-corrected chi connectivity index (χ1v) is 9.46. The number of pyridine rings is 1. The average Bonchev–Trinajstić information content (AvgIpc) is 3.02. The van der Waals surface area contributed by atoms with Crippen molar-refractivity contribution in [1.82, 2.24) is 15.2 Å². The third-order valence-corrected chi connectivity index (χ3v) is 5.97. The van der Waals surface area contributed by atoms with Gasteiger partial charge >= 0.3 is 0 Å². The lowest BCUT2D eigenvalue weighted by Crippen LogP contribution is -2.13. The number of rotatable bonds is 6. The molecule has 0 aliphatic heterocycles. The van der Waals surface area contributed by atoms with Crippen molar-refractivity contribution in [3.05, 3.63) is 58.7 Å². The summed E-state index contributed by atoms with van der Waals surface area (Å²) in [7, 11) is -3.71. The van der Waals surface area contributed by atoms with Gasteiger partial charge in [-0.25, -0.2) is 8.42 Å². The van der Waals surface area contributed by atoms with Gasteiger partial charge in [0.2, 0.25) is 0 Å². The van der Waals surface area contributed by atoms with Crippen LogP contribution in [-0.4, -0.2) is 23.6 Å². The molecular weight excluding hydrogens is 370 g/mol. The van der Waals surface area contributed by atoms with E-state index in [0.717, 1.165) is 17.0 Å². The highest BCUT2D eigenvalue weighted by molar-refractivity contribution is 7.94. The van der Waals surface area contributed by atoms with E-state index in [4.69, 9.17) is 11.6 Å². The number of sulfonamides is 1. The summed E-state index contributed by atoms with van der Waals surface area (Å²) in [4.78, 5) is 4.18. The maximum atomic E-state index is 12.2. The van der Waals surface area contributed by atoms with Crippen molar-refractivity contribution in [3.63, 3.8) is 0 Å². The van der Waals surface area contributed by atoms with Crippen molar-refractivity contribution in [2.75, 3.05) is 10.0 Å². The molecule has 0 saturated heterocycles. The Hall–Kier alpha value is -2.23. The molecule has 0 radical (unpaired) electrons. The van der Waals surface area contributed by atoms with Crippen molar-refractivity contribution in [1.29, 1.82) is 0 Å². The summed E-state index contributed by atoms with van der Waals surface area (Å²) < 4.78 is 27.2. The zero-order valence-corrected chi connectivity index (χ0v) is 14.6. The second-order valence-electron chi connectivity index (χ2n) is 4.64. The Morgan fingerprint density at radius 3 is 2.46 bits per heavy atom. The van der Waals surface area contributed by atoms with E-state index >= 15 is 0 Å². The first-order chi connectivity index (χ1) is 11.5. The molecule has 0 atom stereocenters. The molecule has 24 heavy (non-hydrogen) atoms. The molecule has 0 aromatic carbocycles. The summed E-state index contributed by atoms with van der Waals surface area (Å²) >= 11 is 6.73. The third-order valence-electron chi connectivity index (χ3n) is 2.89. The molecule has 10 heteroatoms. The van der Waals surface area contributed by atoms with E-state index in [1.54, 1.807) is 12.3 Å². The molecule has 7 nitrogen and oxygen atoms in total. The summed E-state index contributed by atoms with van der Waals surface area (Å²) in [5.41, 5.74) is 0.860. The molecule has 2 N–H and O–H groups in total. The molecule has 3 aromatic rings. The van der Waals surface area contributed by atoms with Gasteiger partial charge in [0.25, 0.3) is 10.0 Å². The van der Waals surface area contributed by atoms with Crippen LogP contribution in [0.25, 0.3) is 0 Å². The van der Waals surface area contributed by atoms with Crippen LogP contribution in [0.5, 0.6) is 0 Å². The lowest BCUT2D eigenvalue weighted by atomic mass is 10.3. The minimum absolute atomic E-state index is 0.117. The zero-order valence-electron chi connectivity index (χ0n) is 12.2. The SMILES string of the molecule is O=S(=O)(Nc1ccc(NCc2ccccn2)nn1)c1ccc(Cl)s1. The number of halogens is 1. The standard InChI is InChI=1S/C14H12ClN5O2S2/c15-11-4-7-14(23-11)24(21,22)20-13-6-5-12(18-19-13)17-9-10-3-1-2-8-16-10/h1-8H,9H2,(H,17,18)(H,19,20). The number of nitrogens with one attached hydrogen (secondary N) is 2. The van der Waals surface area contributed by atoms with Gasteiger partial charge in [-0.3, -0.25) is 9.71 Å². The maximum Gasteiger partial charge on any atom is 0.272 e. The Balaban J connectivity index is 1.64. The van der Waals surface area contributed by atoms with Crippen LogP contribution in [-0.2, 0) is 16.6 Å². The smallest absolute Gasteiger partial charge is 0.272 e. The van der Waals surface area contributed by atoms with E-state index in [-0.39, 0.29) is 10.0 Å². The monoisotopic (exact) mass is 381 g/mol. The fourth-order valence-corrected chi connectivity index (χ4v) is 4.27. The van der Waals surface area contributed by atoms with Crippen LogP contribution in [0, 0.1) is 0 Å². The van der Waals surface area contributed by atoms with E-state index in [1.165, 1.54) is 18.2 Å². The summed E-state index contributed by atoms with van der Waals surface area (Å²) in [6, 6.07) is 11.7. The van der Waals surface area contributed by atoms with Crippen LogP contribution in [0.1, 0.15) is 5.69 Å². The average molecular weight is 382 g/mol. The van der Waals surface area contributed by atoms with Crippen molar-refractivity contribution < 1.29 is 8.42 Å². The van der Waals surface area contributed by atoms with Crippen molar-refractivity contribution >= 4 is 44.6 Å². The Kier molecular flexibility index (Phi) is 4.93. The van der Waals surface area contributed by atoms with Gasteiger partial charge in [0.05, 0.1) is 16.6 Å². The number of hydrogen-bond acceptors (Lipinski definition) is 7. The molecule has 3 aromatic heterocycles. The summed E-state index contributed by atoms with van der Waals surface area (Å²) in [6.07, 6.45) is 1.71. The summed E-state index contributed by atoms with van der Waals surface area (Å²) in [5, 5.41) is 10.9. The van der Waals surface area contributed by atoms with Crippen molar-refractivity contribution in [3.8, 4) is 0 Å². The molecule has 3 rings (SSSR count). The van der Waals surface area contributed by atoms with Crippen LogP contribution in [0.3, 0.4) is 0 Å². The first-order valence-electron chi connectivity index (χ1n) is 6.78. The molecule has 124 valence electrons. The van der Waals surface area contributed by atoms with Gasteiger partial charge in [0, 0.05) is 6.20 Å². The van der Waals surface area contributed by atoms with Crippen molar-refractivity contribution in [2.24, 2.45) is 0 Å². The molecule has 3 heterocycles. The molecule has 0 aliphatic rings. The second-order valence-corrected chi connectivity index (χ2v) is 8.27. The predicted octanol–water partition coefficient (Wildman–Crippen LogP) is 3.00. The van der Waals surface area contributed by atoms with Crippen LogP contribution in [0.2, 0.25) is 4.34 Å². The summed E-state index contributed by atoms with van der Waals surface area (Å²) in [5.74, 6) is 0.644. The third kappa shape index (κ3) is 4.19. The van der Waals surface area contributed by atoms with Gasteiger partial charge in [0.15, 0.2) is 5.82 Å². The van der Waals surface area contributed by atoms with Gasteiger partial charge in [-0.2, -0.15) is 0 Å². The topological polar surface area (TPSA) is 96.9 Å². The van der Waals surface area contributed by atoms with Gasteiger partial charge < -0.3 is 5.32 Å². The normalized spacial score (nSPS) is 11.2. The van der Waals surface area contributed by atoms with Crippen LogP contribution < -0.4 is 10.0 Å². The molecule has 0 amide bonds. The van der Waals surface area contributed by atoms with E-state index in [0.29, 0.717) is 16.7 Å². The Morgan fingerprint density at radius 1 is 1.04 bits per heavy atom. The second kappa shape index (κ2) is 7.12. The fraction of sp³-hybridized carbons (Fsp3) is 0.0714. The highest BCUT2D eigenvalue weighted by Gasteiger charge is 2.17. The number of thiophene rings is 1. The largest absolute Gasteiger partial charge is 0.363 e. The maximum absolute atomic E-state index is 12.2. The molecule has 0 aliphatic carbocycles. The Labute approximate surface area is 147 Å². The number of anilines is 2. The molecule has 0 bridgehead atoms. The summed E-state index contributed by atoms with van der Waals surface area (Å²) in [6.45, 7) is 0.494. The number of nitrogens with zero attached hydrogens (tertiary/aromatic N) is 3. The zero-order chi connectivity index (χ0) is 17.0. The van der Waals surface area contributed by atoms with Gasteiger partial charge in [-0.15, -0.1) is 21.5 Å². The quantitative estimate of drug-likeness (QED) is 0.681. The van der Waals surface area contributed by atoms with Crippen LogP contribution in [0.15, 0.2) is 52.9 Å². The molecule has 0 unspecified atom stereocenters. The predicted molar refractivity (Wildman–Crippen MR) is 93.7 cm³/mol. The van der Waals surface area contributed by atoms with E-state index in [1.807, 2.05) is 18.2 Å². The minimum Gasteiger partial charge on any atom is -0.363 e. The van der Waals surface area contributed by atoms with E-state index < -0.39 is 10.0 Å². The van der Waals surface area contributed by atoms with Gasteiger partial charge in [0.1, 0.15) is 10.0 Å². The molecule has 0 saturated carbocycles.